The molecular formula is C17H27ClN2O3. The van der Waals surface area contributed by atoms with Crippen LogP contribution in [0.4, 0.5) is 0 Å². The largest absolute Gasteiger partial charge is 0.382 e. The van der Waals surface area contributed by atoms with Gasteiger partial charge in [0.25, 0.3) is 0 Å². The Hall–Kier alpha value is -1.14. The Morgan fingerprint density at radius 2 is 2.09 bits per heavy atom. The number of ether oxygens (including phenoxy) is 2. The van der Waals surface area contributed by atoms with E-state index in [0.29, 0.717) is 32.2 Å². The number of hydrogen-bond donors (Lipinski definition) is 1. The number of amides is 1. The Balaban J connectivity index is 0.00000264. The van der Waals surface area contributed by atoms with Gasteiger partial charge in [-0.3, -0.25) is 4.79 Å². The van der Waals surface area contributed by atoms with E-state index in [1.165, 1.54) is 0 Å². The van der Waals surface area contributed by atoms with Crippen LogP contribution in [0, 0.1) is 5.92 Å². The highest BCUT2D eigenvalue weighted by Gasteiger charge is 2.29. The van der Waals surface area contributed by atoms with E-state index in [9.17, 15) is 4.79 Å². The molecule has 0 aliphatic carbocycles. The van der Waals surface area contributed by atoms with Crippen LogP contribution in [0.2, 0.25) is 0 Å². The first-order valence-corrected chi connectivity index (χ1v) is 7.85. The number of nitrogens with two attached hydrogens (primary N) is 1. The Kier molecular flexibility index (Phi) is 9.17. The van der Waals surface area contributed by atoms with Gasteiger partial charge in [-0.15, -0.1) is 12.4 Å². The van der Waals surface area contributed by atoms with Gasteiger partial charge in [0.2, 0.25) is 5.91 Å². The standard InChI is InChI=1S/C17H26N2O3.ClH/c1-21-9-10-22-13-15-7-8-19(12-15)17(20)16(18)11-14-5-3-2-4-6-14;/h2-6,15-16H,7-13,18H2,1H3;1H/t15?,16-;/m0./s1. The van der Waals surface area contributed by atoms with Gasteiger partial charge in [0.15, 0.2) is 0 Å². The first-order chi connectivity index (χ1) is 10.7. The molecule has 23 heavy (non-hydrogen) atoms. The van der Waals surface area contributed by atoms with Crippen molar-refractivity contribution in [3.8, 4) is 0 Å². The topological polar surface area (TPSA) is 64.8 Å². The molecule has 1 aliphatic rings. The highest BCUT2D eigenvalue weighted by atomic mass is 35.5. The molecule has 2 atom stereocenters. The fraction of sp³-hybridized carbons (Fsp3) is 0.588. The fourth-order valence-electron chi connectivity index (χ4n) is 2.75. The van der Waals surface area contributed by atoms with Gasteiger partial charge >= 0.3 is 0 Å². The van der Waals surface area contributed by atoms with Crippen LogP contribution in [0.3, 0.4) is 0 Å². The molecule has 0 bridgehead atoms. The summed E-state index contributed by atoms with van der Waals surface area (Å²) in [5, 5.41) is 0. The van der Waals surface area contributed by atoms with Crippen LogP contribution < -0.4 is 5.73 Å². The molecule has 1 amide bonds. The Morgan fingerprint density at radius 3 is 2.78 bits per heavy atom. The summed E-state index contributed by atoms with van der Waals surface area (Å²) in [6.45, 7) is 3.42. The van der Waals surface area contributed by atoms with Gasteiger partial charge in [-0.1, -0.05) is 30.3 Å². The summed E-state index contributed by atoms with van der Waals surface area (Å²) in [5.74, 6) is 0.452. The number of rotatable bonds is 8. The maximum absolute atomic E-state index is 12.4. The van der Waals surface area contributed by atoms with E-state index in [2.05, 4.69) is 0 Å². The van der Waals surface area contributed by atoms with Gasteiger partial charge in [-0.25, -0.2) is 0 Å². The number of halogens is 1. The predicted molar refractivity (Wildman–Crippen MR) is 92.8 cm³/mol. The monoisotopic (exact) mass is 342 g/mol. The average Bonchev–Trinajstić information content (AvgIpc) is 3.00. The lowest BCUT2D eigenvalue weighted by Gasteiger charge is -2.21. The summed E-state index contributed by atoms with van der Waals surface area (Å²) >= 11 is 0. The van der Waals surface area contributed by atoms with Crippen LogP contribution in [0.25, 0.3) is 0 Å². The van der Waals surface area contributed by atoms with Crippen molar-refractivity contribution in [3.05, 3.63) is 35.9 Å². The highest BCUT2D eigenvalue weighted by Crippen LogP contribution is 2.18. The number of benzene rings is 1. The van der Waals surface area contributed by atoms with E-state index < -0.39 is 6.04 Å². The van der Waals surface area contributed by atoms with Crippen molar-refractivity contribution in [1.82, 2.24) is 4.90 Å². The first-order valence-electron chi connectivity index (χ1n) is 7.85. The third-order valence-corrected chi connectivity index (χ3v) is 4.00. The molecule has 0 saturated carbocycles. The Labute approximate surface area is 144 Å². The molecule has 0 radical (unpaired) electrons. The van der Waals surface area contributed by atoms with Crippen LogP contribution in [-0.2, 0) is 20.7 Å². The summed E-state index contributed by atoms with van der Waals surface area (Å²) in [5.41, 5.74) is 7.17. The zero-order valence-corrected chi connectivity index (χ0v) is 14.5. The van der Waals surface area contributed by atoms with Crippen molar-refractivity contribution in [3.63, 3.8) is 0 Å². The van der Waals surface area contributed by atoms with Gasteiger partial charge in [0, 0.05) is 26.1 Å². The lowest BCUT2D eigenvalue weighted by atomic mass is 10.1. The van der Waals surface area contributed by atoms with Crippen LogP contribution in [-0.4, -0.2) is 56.9 Å². The summed E-state index contributed by atoms with van der Waals surface area (Å²) in [4.78, 5) is 14.3. The van der Waals surface area contributed by atoms with E-state index in [4.69, 9.17) is 15.2 Å². The first kappa shape index (κ1) is 19.9. The van der Waals surface area contributed by atoms with E-state index in [-0.39, 0.29) is 18.3 Å². The second kappa shape index (κ2) is 10.6. The van der Waals surface area contributed by atoms with Gasteiger partial charge in [0.05, 0.1) is 25.9 Å². The summed E-state index contributed by atoms with van der Waals surface area (Å²) < 4.78 is 10.5. The number of carbonyl (C=O) groups excluding carboxylic acids is 1. The smallest absolute Gasteiger partial charge is 0.239 e. The molecule has 1 saturated heterocycles. The number of hydrogen-bond acceptors (Lipinski definition) is 4. The minimum Gasteiger partial charge on any atom is -0.382 e. The lowest BCUT2D eigenvalue weighted by Crippen LogP contribution is -2.44. The van der Waals surface area contributed by atoms with E-state index in [1.54, 1.807) is 7.11 Å². The van der Waals surface area contributed by atoms with Gasteiger partial charge in [-0.2, -0.15) is 0 Å². The molecule has 5 nitrogen and oxygen atoms in total. The third-order valence-electron chi connectivity index (χ3n) is 4.00. The van der Waals surface area contributed by atoms with E-state index >= 15 is 0 Å². The van der Waals surface area contributed by atoms with Gasteiger partial charge in [0.1, 0.15) is 0 Å². The van der Waals surface area contributed by atoms with Gasteiger partial charge in [-0.05, 0) is 18.4 Å². The molecular weight excluding hydrogens is 316 g/mol. The quantitative estimate of drug-likeness (QED) is 0.727. The molecule has 1 aromatic rings. The van der Waals surface area contributed by atoms with Crippen molar-refractivity contribution in [2.75, 3.05) is 40.0 Å². The Morgan fingerprint density at radius 1 is 1.35 bits per heavy atom. The molecule has 1 aliphatic heterocycles. The SMILES string of the molecule is COCCOCC1CCN(C(=O)[C@@H](N)Cc2ccccc2)C1.Cl. The molecule has 1 unspecified atom stereocenters. The molecule has 130 valence electrons. The van der Waals surface area contributed by atoms with Crippen LogP contribution in [0.15, 0.2) is 30.3 Å². The van der Waals surface area contributed by atoms with E-state index in [1.807, 2.05) is 35.2 Å². The van der Waals surface area contributed by atoms with Gasteiger partial charge < -0.3 is 20.1 Å². The summed E-state index contributed by atoms with van der Waals surface area (Å²) in [7, 11) is 1.66. The van der Waals surface area contributed by atoms with Crippen molar-refractivity contribution >= 4 is 18.3 Å². The maximum Gasteiger partial charge on any atom is 0.239 e. The van der Waals surface area contributed by atoms with Crippen LogP contribution >= 0.6 is 12.4 Å². The summed E-state index contributed by atoms with van der Waals surface area (Å²) in [6.07, 6.45) is 1.57. The molecule has 0 aromatic heterocycles. The minimum atomic E-state index is -0.462. The van der Waals surface area contributed by atoms with Crippen molar-refractivity contribution in [2.24, 2.45) is 11.7 Å². The number of carbonyl (C=O) groups is 1. The second-order valence-electron chi connectivity index (χ2n) is 5.80. The zero-order chi connectivity index (χ0) is 15.8. The molecule has 1 heterocycles. The average molecular weight is 343 g/mol. The lowest BCUT2D eigenvalue weighted by molar-refractivity contribution is -0.131. The normalized spacial score (nSPS) is 18.5. The molecule has 2 rings (SSSR count). The maximum atomic E-state index is 12.4. The fourth-order valence-corrected chi connectivity index (χ4v) is 2.75. The minimum absolute atomic E-state index is 0. The third kappa shape index (κ3) is 6.47. The molecule has 2 N–H and O–H groups in total. The molecule has 0 spiro atoms. The molecule has 1 aromatic carbocycles. The summed E-state index contributed by atoms with van der Waals surface area (Å²) in [6, 6.07) is 9.44. The van der Waals surface area contributed by atoms with E-state index in [0.717, 1.165) is 25.1 Å². The van der Waals surface area contributed by atoms with Crippen LogP contribution in [0.1, 0.15) is 12.0 Å². The van der Waals surface area contributed by atoms with Crippen LogP contribution in [0.5, 0.6) is 0 Å². The van der Waals surface area contributed by atoms with Crippen molar-refractivity contribution in [2.45, 2.75) is 18.9 Å². The number of methoxy groups -OCH3 is 1. The predicted octanol–water partition coefficient (Wildman–Crippen LogP) is 1.49. The molecule has 1 fully saturated rings. The van der Waals surface area contributed by atoms with Crippen molar-refractivity contribution in [1.29, 1.82) is 0 Å². The second-order valence-corrected chi connectivity index (χ2v) is 5.80. The Bertz CT molecular complexity index is 458. The number of nitrogens with zero attached hydrogens (tertiary/aromatic N) is 1. The highest BCUT2D eigenvalue weighted by molar-refractivity contribution is 5.85. The number of likely N-dealkylation sites (tertiary alicyclic amines) is 1. The zero-order valence-electron chi connectivity index (χ0n) is 13.6. The van der Waals surface area contributed by atoms with Crippen molar-refractivity contribution < 1.29 is 14.3 Å². The molecule has 6 heteroatoms.